The van der Waals surface area contributed by atoms with E-state index in [9.17, 15) is 14.4 Å². The third-order valence-electron chi connectivity index (χ3n) is 5.06. The zero-order valence-electron chi connectivity index (χ0n) is 16.8. The van der Waals surface area contributed by atoms with Crippen LogP contribution in [0.5, 0.6) is 0 Å². The molecule has 3 heterocycles. The maximum Gasteiger partial charge on any atom is 0.286 e. The molecule has 0 atom stereocenters. The van der Waals surface area contributed by atoms with Crippen LogP contribution in [-0.2, 0) is 9.59 Å². The van der Waals surface area contributed by atoms with E-state index in [0.717, 1.165) is 41.7 Å². The summed E-state index contributed by atoms with van der Waals surface area (Å²) < 4.78 is 0.171. The average molecular weight is 453 g/mol. The van der Waals surface area contributed by atoms with Gasteiger partial charge in [-0.25, -0.2) is 0 Å². The fraction of sp³-hybridized carbons (Fsp3) is 0.227. The van der Waals surface area contributed by atoms with Crippen LogP contribution in [0, 0.1) is 0 Å². The molecule has 0 aliphatic carbocycles. The second-order valence-corrected chi connectivity index (χ2v) is 8.71. The van der Waals surface area contributed by atoms with E-state index in [1.807, 2.05) is 24.3 Å². The molecule has 1 saturated heterocycles. The molecule has 0 spiro atoms. The zero-order valence-corrected chi connectivity index (χ0v) is 18.5. The first-order valence-electron chi connectivity index (χ1n) is 9.95. The Morgan fingerprint density at radius 2 is 1.84 bits per heavy atom. The minimum absolute atomic E-state index is 0.171. The molecule has 31 heavy (non-hydrogen) atoms. The number of carbonyl (C=O) groups excluding carboxylic acids is 3. The lowest BCUT2D eigenvalue weighted by Crippen LogP contribution is -2.45. The Labute approximate surface area is 189 Å². The number of thioether (sulfide) groups is 1. The molecule has 2 aliphatic heterocycles. The maximum atomic E-state index is 13.3. The smallest absolute Gasteiger partial charge is 0.286 e. The first kappa shape index (κ1) is 21.2. The highest BCUT2D eigenvalue weighted by Gasteiger charge is 2.42. The highest BCUT2D eigenvalue weighted by atomic mass is 32.2. The number of fused-ring (bicyclic) bond motifs is 1. The number of nitrogens with one attached hydrogen (secondary N) is 1. The molecule has 4 rings (SSSR count). The summed E-state index contributed by atoms with van der Waals surface area (Å²) in [6.45, 7) is 2.70. The summed E-state index contributed by atoms with van der Waals surface area (Å²) in [5, 5.41) is 1.03. The number of para-hydroxylation sites is 1. The normalized spacial score (nSPS) is 18.0. The van der Waals surface area contributed by atoms with Gasteiger partial charge in [-0.2, -0.15) is 5.01 Å². The van der Waals surface area contributed by atoms with Crippen LogP contribution in [0.15, 0.2) is 53.7 Å². The average Bonchev–Trinajstić information content (AvgIpc) is 3.22. The van der Waals surface area contributed by atoms with Crippen molar-refractivity contribution < 1.29 is 14.4 Å². The molecular weight excluding hydrogens is 432 g/mol. The molecule has 0 saturated carbocycles. The van der Waals surface area contributed by atoms with E-state index in [0.29, 0.717) is 23.2 Å². The molecule has 1 fully saturated rings. The summed E-state index contributed by atoms with van der Waals surface area (Å²) in [6.07, 6.45) is 5.93. The van der Waals surface area contributed by atoms with Crippen molar-refractivity contribution >= 4 is 57.3 Å². The van der Waals surface area contributed by atoms with E-state index >= 15 is 0 Å². The van der Waals surface area contributed by atoms with Gasteiger partial charge in [-0.3, -0.25) is 24.8 Å². The largest absolute Gasteiger partial charge is 0.308 e. The Bertz CT molecular complexity index is 1100. The number of thiocarbonyl (C=S) groups is 1. The number of amides is 3. The summed E-state index contributed by atoms with van der Waals surface area (Å²) >= 11 is 6.36. The number of hydrogen-bond donors (Lipinski definition) is 1. The third kappa shape index (κ3) is 3.98. The van der Waals surface area contributed by atoms with Gasteiger partial charge in [-0.15, -0.1) is 0 Å². The van der Waals surface area contributed by atoms with Crippen LogP contribution < -0.4 is 10.3 Å². The molecule has 158 valence electrons. The minimum Gasteiger partial charge on any atom is -0.308 e. The van der Waals surface area contributed by atoms with Gasteiger partial charge in [0.2, 0.25) is 0 Å². The van der Waals surface area contributed by atoms with Crippen molar-refractivity contribution in [3.05, 3.63) is 64.8 Å². The topological polar surface area (TPSA) is 82.6 Å². The van der Waals surface area contributed by atoms with Crippen LogP contribution in [0.2, 0.25) is 0 Å². The predicted octanol–water partition coefficient (Wildman–Crippen LogP) is 3.53. The van der Waals surface area contributed by atoms with E-state index < -0.39 is 11.8 Å². The fourth-order valence-electron chi connectivity index (χ4n) is 3.53. The Kier molecular flexibility index (Phi) is 6.15. The molecule has 0 unspecified atom stereocenters. The molecule has 2 aromatic rings. The lowest BCUT2D eigenvalue weighted by molar-refractivity contribution is -0.124. The van der Waals surface area contributed by atoms with E-state index in [1.165, 1.54) is 24.5 Å². The van der Waals surface area contributed by atoms with Crippen LogP contribution >= 0.6 is 24.0 Å². The number of nitrogens with zero attached hydrogens (tertiary/aromatic N) is 3. The minimum atomic E-state index is -0.508. The number of unbranched alkanes of at least 4 members (excludes halogenated alkanes) is 2. The van der Waals surface area contributed by atoms with Crippen molar-refractivity contribution in [2.45, 2.75) is 26.2 Å². The van der Waals surface area contributed by atoms with E-state index in [-0.39, 0.29) is 15.1 Å². The quantitative estimate of drug-likeness (QED) is 0.410. The SMILES string of the molecule is CCCCCN1C(=O)/C(=C2\SC(=S)N(NC(=O)c3ccncc3)C2=O)c2ccccc21. The lowest BCUT2D eigenvalue weighted by atomic mass is 10.1. The Morgan fingerprint density at radius 1 is 1.10 bits per heavy atom. The Balaban J connectivity index is 1.64. The Morgan fingerprint density at radius 3 is 2.58 bits per heavy atom. The van der Waals surface area contributed by atoms with Crippen LogP contribution in [-0.4, -0.2) is 38.6 Å². The van der Waals surface area contributed by atoms with E-state index in [1.54, 1.807) is 4.90 Å². The summed E-state index contributed by atoms with van der Waals surface area (Å²) in [7, 11) is 0. The summed E-state index contributed by atoms with van der Waals surface area (Å²) in [4.78, 5) is 44.8. The first-order valence-corrected chi connectivity index (χ1v) is 11.2. The van der Waals surface area contributed by atoms with Gasteiger partial charge < -0.3 is 4.90 Å². The monoisotopic (exact) mass is 452 g/mol. The number of anilines is 1. The molecule has 0 bridgehead atoms. The lowest BCUT2D eigenvalue weighted by Gasteiger charge is -2.16. The number of rotatable bonds is 6. The van der Waals surface area contributed by atoms with Crippen LogP contribution in [0.1, 0.15) is 42.1 Å². The Hall–Kier alpha value is -3.04. The van der Waals surface area contributed by atoms with Crippen LogP contribution in [0.25, 0.3) is 5.57 Å². The molecule has 0 radical (unpaired) electrons. The van der Waals surface area contributed by atoms with Crippen molar-refractivity contribution in [2.24, 2.45) is 0 Å². The van der Waals surface area contributed by atoms with Gasteiger partial charge in [0.15, 0.2) is 4.32 Å². The molecule has 7 nitrogen and oxygen atoms in total. The van der Waals surface area contributed by atoms with E-state index in [2.05, 4.69) is 17.3 Å². The zero-order chi connectivity index (χ0) is 22.0. The van der Waals surface area contributed by atoms with Crippen molar-refractivity contribution in [1.29, 1.82) is 0 Å². The van der Waals surface area contributed by atoms with Gasteiger partial charge in [0, 0.05) is 30.1 Å². The molecular formula is C22H20N4O3S2. The second kappa shape index (κ2) is 8.99. The van der Waals surface area contributed by atoms with Crippen molar-refractivity contribution in [1.82, 2.24) is 15.4 Å². The first-order chi connectivity index (χ1) is 15.0. The number of pyridine rings is 1. The molecule has 3 amide bonds. The highest BCUT2D eigenvalue weighted by Crippen LogP contribution is 2.44. The predicted molar refractivity (Wildman–Crippen MR) is 124 cm³/mol. The van der Waals surface area contributed by atoms with Crippen molar-refractivity contribution in [3.8, 4) is 0 Å². The van der Waals surface area contributed by atoms with Gasteiger partial charge in [-0.05, 0) is 36.8 Å². The summed E-state index contributed by atoms with van der Waals surface area (Å²) in [5.41, 5.74) is 4.73. The van der Waals surface area contributed by atoms with E-state index in [4.69, 9.17) is 12.2 Å². The maximum absolute atomic E-state index is 13.3. The number of carbonyl (C=O) groups is 3. The van der Waals surface area contributed by atoms with Gasteiger partial charge in [0.1, 0.15) is 0 Å². The standard InChI is InChI=1S/C22H20N4O3S2/c1-2-3-6-13-25-16-8-5-4-7-15(16)17(20(25)28)18-21(29)26(22(30)31-18)24-19(27)14-9-11-23-12-10-14/h4-5,7-12H,2-3,6,13H2,1H3,(H,24,27)/b18-17-. The molecule has 1 N–H and O–H groups in total. The molecule has 2 aliphatic rings. The third-order valence-corrected chi connectivity index (χ3v) is 6.43. The van der Waals surface area contributed by atoms with Gasteiger partial charge in [0.05, 0.1) is 16.2 Å². The molecule has 1 aromatic carbocycles. The van der Waals surface area contributed by atoms with Gasteiger partial charge >= 0.3 is 0 Å². The molecule has 1 aromatic heterocycles. The van der Waals surface area contributed by atoms with Gasteiger partial charge in [0.25, 0.3) is 17.7 Å². The highest BCUT2D eigenvalue weighted by molar-refractivity contribution is 8.26. The number of benzene rings is 1. The van der Waals surface area contributed by atoms with Crippen LogP contribution in [0.3, 0.4) is 0 Å². The van der Waals surface area contributed by atoms with Crippen molar-refractivity contribution in [2.75, 3.05) is 11.4 Å². The number of aromatic nitrogens is 1. The fourth-order valence-corrected chi connectivity index (χ4v) is 4.78. The van der Waals surface area contributed by atoms with Gasteiger partial charge in [-0.1, -0.05) is 49.7 Å². The summed E-state index contributed by atoms with van der Waals surface area (Å²) in [6, 6.07) is 10.5. The molecule has 9 heteroatoms. The number of hydrogen-bond acceptors (Lipinski definition) is 6. The number of hydrazine groups is 1. The van der Waals surface area contributed by atoms with Crippen LogP contribution in [0.4, 0.5) is 5.69 Å². The second-order valence-electron chi connectivity index (χ2n) is 7.07. The summed E-state index contributed by atoms with van der Waals surface area (Å²) in [5.74, 6) is -1.20. The van der Waals surface area contributed by atoms with Crippen molar-refractivity contribution in [3.63, 3.8) is 0 Å².